The third-order valence-electron chi connectivity index (χ3n) is 4.13. The minimum atomic E-state index is -0.582. The first-order chi connectivity index (χ1) is 12.4. The van der Waals surface area contributed by atoms with Gasteiger partial charge in [0.05, 0.1) is 4.92 Å². The standard InChI is InChI=1S/C17H16Cl2N4O3/c18-12-2-1-3-14(10-12)21-6-8-22(9-7-21)17(24)20-13-4-5-15(19)16(11-13)23(25)26/h1-5,10-11H,6-9H2,(H,20,24). The van der Waals surface area contributed by atoms with Gasteiger partial charge in [0.2, 0.25) is 0 Å². The van der Waals surface area contributed by atoms with Crippen LogP contribution in [0.25, 0.3) is 0 Å². The van der Waals surface area contributed by atoms with Crippen molar-refractivity contribution in [3.8, 4) is 0 Å². The van der Waals surface area contributed by atoms with E-state index in [1.807, 2.05) is 24.3 Å². The Morgan fingerprint density at radius 2 is 1.81 bits per heavy atom. The second-order valence-corrected chi connectivity index (χ2v) is 6.65. The van der Waals surface area contributed by atoms with Crippen molar-refractivity contribution < 1.29 is 9.72 Å². The topological polar surface area (TPSA) is 78.7 Å². The lowest BCUT2D eigenvalue weighted by Gasteiger charge is -2.36. The zero-order valence-electron chi connectivity index (χ0n) is 13.7. The lowest BCUT2D eigenvalue weighted by atomic mass is 10.2. The molecule has 26 heavy (non-hydrogen) atoms. The van der Waals surface area contributed by atoms with E-state index in [0.29, 0.717) is 36.9 Å². The van der Waals surface area contributed by atoms with Gasteiger partial charge in [-0.25, -0.2) is 4.79 Å². The van der Waals surface area contributed by atoms with Gasteiger partial charge in [0, 0.05) is 48.6 Å². The van der Waals surface area contributed by atoms with Crippen molar-refractivity contribution >= 4 is 46.3 Å². The number of carbonyl (C=O) groups excluding carboxylic acids is 1. The van der Waals surface area contributed by atoms with Crippen molar-refractivity contribution in [1.82, 2.24) is 4.90 Å². The number of carbonyl (C=O) groups is 1. The molecule has 2 aromatic rings. The molecule has 0 atom stereocenters. The molecule has 1 heterocycles. The molecular formula is C17H16Cl2N4O3. The first-order valence-electron chi connectivity index (χ1n) is 7.94. The molecule has 1 N–H and O–H groups in total. The molecule has 0 saturated carbocycles. The quantitative estimate of drug-likeness (QED) is 0.622. The highest BCUT2D eigenvalue weighted by Crippen LogP contribution is 2.27. The van der Waals surface area contributed by atoms with Gasteiger partial charge < -0.3 is 15.1 Å². The Morgan fingerprint density at radius 1 is 1.08 bits per heavy atom. The van der Waals surface area contributed by atoms with Crippen molar-refractivity contribution in [3.63, 3.8) is 0 Å². The summed E-state index contributed by atoms with van der Waals surface area (Å²) in [7, 11) is 0. The van der Waals surface area contributed by atoms with Gasteiger partial charge in [0.1, 0.15) is 5.02 Å². The van der Waals surface area contributed by atoms with Crippen LogP contribution in [0.5, 0.6) is 0 Å². The average molecular weight is 395 g/mol. The van der Waals surface area contributed by atoms with Crippen LogP contribution in [0.2, 0.25) is 10.0 Å². The Hall–Kier alpha value is -2.51. The zero-order chi connectivity index (χ0) is 18.7. The molecule has 2 aromatic carbocycles. The number of piperazine rings is 1. The van der Waals surface area contributed by atoms with Crippen molar-refractivity contribution in [1.29, 1.82) is 0 Å². The van der Waals surface area contributed by atoms with Gasteiger partial charge in [-0.05, 0) is 30.3 Å². The third-order valence-corrected chi connectivity index (χ3v) is 4.69. The number of nitrogens with zero attached hydrogens (tertiary/aromatic N) is 3. The molecule has 1 fully saturated rings. The molecule has 1 aliphatic heterocycles. The summed E-state index contributed by atoms with van der Waals surface area (Å²) in [6, 6.07) is 11.5. The number of urea groups is 1. The third kappa shape index (κ3) is 4.17. The van der Waals surface area contributed by atoms with Crippen molar-refractivity contribution in [2.75, 3.05) is 36.4 Å². The van der Waals surface area contributed by atoms with E-state index in [9.17, 15) is 14.9 Å². The highest BCUT2D eigenvalue weighted by molar-refractivity contribution is 6.32. The van der Waals surface area contributed by atoms with E-state index in [4.69, 9.17) is 23.2 Å². The molecule has 0 aliphatic carbocycles. The van der Waals surface area contributed by atoms with Crippen LogP contribution in [0.4, 0.5) is 21.9 Å². The van der Waals surface area contributed by atoms with E-state index < -0.39 is 4.92 Å². The summed E-state index contributed by atoms with van der Waals surface area (Å²) in [6.07, 6.45) is 0. The zero-order valence-corrected chi connectivity index (χ0v) is 15.2. The molecule has 9 heteroatoms. The van der Waals surface area contributed by atoms with E-state index in [-0.39, 0.29) is 16.7 Å². The van der Waals surface area contributed by atoms with E-state index >= 15 is 0 Å². The van der Waals surface area contributed by atoms with Crippen LogP contribution < -0.4 is 10.2 Å². The van der Waals surface area contributed by atoms with Gasteiger partial charge in [-0.3, -0.25) is 10.1 Å². The molecule has 0 aromatic heterocycles. The Morgan fingerprint density at radius 3 is 2.46 bits per heavy atom. The minimum absolute atomic E-state index is 0.0307. The van der Waals surface area contributed by atoms with Gasteiger partial charge in [0.15, 0.2) is 0 Å². The first kappa shape index (κ1) is 18.3. The highest BCUT2D eigenvalue weighted by atomic mass is 35.5. The Labute approximate surface area is 160 Å². The Kier molecular flexibility index (Phi) is 5.49. The van der Waals surface area contributed by atoms with Gasteiger partial charge >= 0.3 is 6.03 Å². The summed E-state index contributed by atoms with van der Waals surface area (Å²) in [4.78, 5) is 26.6. The van der Waals surface area contributed by atoms with Crippen LogP contribution in [-0.2, 0) is 0 Å². The number of hydrogen-bond donors (Lipinski definition) is 1. The molecule has 1 aliphatic rings. The number of nitro groups is 1. The average Bonchev–Trinajstić information content (AvgIpc) is 2.63. The largest absolute Gasteiger partial charge is 0.368 e. The number of amides is 2. The smallest absolute Gasteiger partial charge is 0.321 e. The lowest BCUT2D eigenvalue weighted by Crippen LogP contribution is -2.50. The molecule has 0 bridgehead atoms. The molecule has 3 rings (SSSR count). The second-order valence-electron chi connectivity index (χ2n) is 5.81. The summed E-state index contributed by atoms with van der Waals surface area (Å²) in [5.74, 6) is 0. The number of nitro benzene ring substituents is 1. The summed E-state index contributed by atoms with van der Waals surface area (Å²) >= 11 is 11.8. The minimum Gasteiger partial charge on any atom is -0.368 e. The van der Waals surface area contributed by atoms with Crippen LogP contribution >= 0.6 is 23.2 Å². The summed E-state index contributed by atoms with van der Waals surface area (Å²) in [5, 5.41) is 14.3. The molecule has 0 spiro atoms. The molecule has 136 valence electrons. The monoisotopic (exact) mass is 394 g/mol. The van der Waals surface area contributed by atoms with Gasteiger partial charge in [-0.1, -0.05) is 29.3 Å². The predicted octanol–water partition coefficient (Wildman–Crippen LogP) is 4.26. The summed E-state index contributed by atoms with van der Waals surface area (Å²) < 4.78 is 0. The number of hydrogen-bond acceptors (Lipinski definition) is 4. The number of anilines is 2. The Balaban J connectivity index is 1.60. The summed E-state index contributed by atoms with van der Waals surface area (Å²) in [5.41, 5.74) is 1.12. The Bertz CT molecular complexity index is 839. The fourth-order valence-electron chi connectivity index (χ4n) is 2.77. The maximum Gasteiger partial charge on any atom is 0.321 e. The van der Waals surface area contributed by atoms with E-state index in [1.165, 1.54) is 18.2 Å². The summed E-state index contributed by atoms with van der Waals surface area (Å²) in [6.45, 7) is 2.42. The van der Waals surface area contributed by atoms with Crippen molar-refractivity contribution in [3.05, 3.63) is 62.6 Å². The highest BCUT2D eigenvalue weighted by Gasteiger charge is 2.22. The predicted molar refractivity (Wildman–Crippen MR) is 102 cm³/mol. The van der Waals surface area contributed by atoms with E-state index in [1.54, 1.807) is 4.90 Å². The molecule has 2 amide bonds. The van der Waals surface area contributed by atoms with E-state index in [0.717, 1.165) is 5.69 Å². The number of rotatable bonds is 3. The van der Waals surface area contributed by atoms with Crippen molar-refractivity contribution in [2.24, 2.45) is 0 Å². The van der Waals surface area contributed by atoms with Crippen LogP contribution in [-0.4, -0.2) is 42.0 Å². The maximum absolute atomic E-state index is 12.4. The van der Waals surface area contributed by atoms with Crippen LogP contribution in [0.15, 0.2) is 42.5 Å². The number of benzene rings is 2. The molecular weight excluding hydrogens is 379 g/mol. The normalized spacial score (nSPS) is 14.2. The van der Waals surface area contributed by atoms with Crippen LogP contribution in [0.1, 0.15) is 0 Å². The maximum atomic E-state index is 12.4. The molecule has 1 saturated heterocycles. The fraction of sp³-hybridized carbons (Fsp3) is 0.235. The molecule has 0 unspecified atom stereocenters. The number of halogens is 2. The molecule has 7 nitrogen and oxygen atoms in total. The SMILES string of the molecule is O=C(Nc1ccc(Cl)c([N+](=O)[O-])c1)N1CCN(c2cccc(Cl)c2)CC1. The first-order valence-corrected chi connectivity index (χ1v) is 8.70. The van der Waals surface area contributed by atoms with Crippen LogP contribution in [0.3, 0.4) is 0 Å². The fourth-order valence-corrected chi connectivity index (χ4v) is 3.14. The molecule has 0 radical (unpaired) electrons. The van der Waals surface area contributed by atoms with Gasteiger partial charge in [-0.15, -0.1) is 0 Å². The van der Waals surface area contributed by atoms with E-state index in [2.05, 4.69) is 10.2 Å². The number of nitrogens with one attached hydrogen (secondary N) is 1. The second kappa shape index (κ2) is 7.80. The van der Waals surface area contributed by atoms with Crippen LogP contribution in [0, 0.1) is 10.1 Å². The van der Waals surface area contributed by atoms with Crippen molar-refractivity contribution in [2.45, 2.75) is 0 Å². The lowest BCUT2D eigenvalue weighted by molar-refractivity contribution is -0.384. The van der Waals surface area contributed by atoms with Gasteiger partial charge in [0.25, 0.3) is 5.69 Å². The van der Waals surface area contributed by atoms with Gasteiger partial charge in [-0.2, -0.15) is 0 Å².